The summed E-state index contributed by atoms with van der Waals surface area (Å²) in [5, 5.41) is 0. The normalized spacial score (nSPS) is 21.0. The number of anilines is 1. The zero-order valence-electron chi connectivity index (χ0n) is 14.2. The van der Waals surface area contributed by atoms with E-state index in [4.69, 9.17) is 0 Å². The molecule has 0 saturated carbocycles. The Bertz CT molecular complexity index is 675. The number of hydrogen-bond acceptors (Lipinski definition) is 2. The van der Waals surface area contributed by atoms with Gasteiger partial charge in [-0.3, -0.25) is 4.79 Å². The standard InChI is InChI=1S/C20H23FN2O/c1-15-13-22(20(24)12-17-8-10-18(21)11-9-17)14-16(2)23(15)19-6-4-3-5-7-19/h3-11,15-16H,12-14H2,1-2H3. The van der Waals surface area contributed by atoms with Crippen LogP contribution in [0.2, 0.25) is 0 Å². The average Bonchev–Trinajstić information content (AvgIpc) is 2.57. The van der Waals surface area contributed by atoms with Gasteiger partial charge in [0.1, 0.15) is 5.82 Å². The van der Waals surface area contributed by atoms with Crippen molar-refractivity contribution in [1.82, 2.24) is 4.90 Å². The number of hydrogen-bond donors (Lipinski definition) is 0. The Hall–Kier alpha value is -2.36. The quantitative estimate of drug-likeness (QED) is 0.862. The number of rotatable bonds is 3. The molecule has 0 aliphatic carbocycles. The lowest BCUT2D eigenvalue weighted by molar-refractivity contribution is -0.131. The highest BCUT2D eigenvalue weighted by molar-refractivity contribution is 5.79. The molecule has 0 N–H and O–H groups in total. The summed E-state index contributed by atoms with van der Waals surface area (Å²) in [6.07, 6.45) is 0.324. The lowest BCUT2D eigenvalue weighted by atomic mass is 10.0. The molecule has 4 heteroatoms. The van der Waals surface area contributed by atoms with Crippen LogP contribution in [-0.2, 0) is 11.2 Å². The van der Waals surface area contributed by atoms with Crippen LogP contribution in [0.15, 0.2) is 54.6 Å². The monoisotopic (exact) mass is 326 g/mol. The van der Waals surface area contributed by atoms with Gasteiger partial charge in [0, 0.05) is 30.9 Å². The first-order valence-corrected chi connectivity index (χ1v) is 8.40. The third-order valence-electron chi connectivity index (χ3n) is 4.59. The summed E-state index contributed by atoms with van der Waals surface area (Å²) in [5.74, 6) is -0.169. The molecule has 2 aromatic carbocycles. The summed E-state index contributed by atoms with van der Waals surface area (Å²) in [5.41, 5.74) is 2.05. The van der Waals surface area contributed by atoms with Crippen molar-refractivity contribution in [3.8, 4) is 0 Å². The van der Waals surface area contributed by atoms with Crippen molar-refractivity contribution >= 4 is 11.6 Å². The second-order valence-corrected chi connectivity index (χ2v) is 6.54. The van der Waals surface area contributed by atoms with Gasteiger partial charge in [-0.25, -0.2) is 4.39 Å². The Morgan fingerprint density at radius 1 is 1.00 bits per heavy atom. The highest BCUT2D eigenvalue weighted by atomic mass is 19.1. The summed E-state index contributed by atoms with van der Waals surface area (Å²) in [7, 11) is 0. The molecule has 1 heterocycles. The van der Waals surface area contributed by atoms with Crippen LogP contribution in [0.3, 0.4) is 0 Å². The van der Waals surface area contributed by atoms with E-state index in [0.717, 1.165) is 5.56 Å². The van der Waals surface area contributed by atoms with Crippen molar-refractivity contribution in [2.75, 3.05) is 18.0 Å². The largest absolute Gasteiger partial charge is 0.363 e. The molecule has 2 aromatic rings. The van der Waals surface area contributed by atoms with Gasteiger partial charge in [0.15, 0.2) is 0 Å². The van der Waals surface area contributed by atoms with Gasteiger partial charge in [-0.1, -0.05) is 30.3 Å². The van der Waals surface area contributed by atoms with Crippen LogP contribution in [0.25, 0.3) is 0 Å². The van der Waals surface area contributed by atoms with E-state index in [1.54, 1.807) is 12.1 Å². The predicted octanol–water partition coefficient (Wildman–Crippen LogP) is 3.49. The number of benzene rings is 2. The van der Waals surface area contributed by atoms with Crippen LogP contribution in [0.1, 0.15) is 19.4 Å². The van der Waals surface area contributed by atoms with Crippen LogP contribution in [0.5, 0.6) is 0 Å². The van der Waals surface area contributed by atoms with E-state index >= 15 is 0 Å². The second-order valence-electron chi connectivity index (χ2n) is 6.54. The zero-order chi connectivity index (χ0) is 17.1. The molecule has 2 atom stereocenters. The molecule has 2 unspecified atom stereocenters. The van der Waals surface area contributed by atoms with Gasteiger partial charge in [-0.15, -0.1) is 0 Å². The van der Waals surface area contributed by atoms with E-state index in [2.05, 4.69) is 30.9 Å². The summed E-state index contributed by atoms with van der Waals surface area (Å²) in [6, 6.07) is 17.0. The number of piperazine rings is 1. The Kier molecular flexibility index (Phi) is 4.84. The van der Waals surface area contributed by atoms with E-state index in [1.807, 2.05) is 23.1 Å². The van der Waals surface area contributed by atoms with Crippen LogP contribution < -0.4 is 4.90 Å². The topological polar surface area (TPSA) is 23.6 Å². The van der Waals surface area contributed by atoms with Crippen LogP contribution in [0.4, 0.5) is 10.1 Å². The number of amides is 1. The number of para-hydroxylation sites is 1. The summed E-state index contributed by atoms with van der Waals surface area (Å²) in [4.78, 5) is 16.9. The fourth-order valence-electron chi connectivity index (χ4n) is 3.52. The van der Waals surface area contributed by atoms with E-state index in [0.29, 0.717) is 19.5 Å². The van der Waals surface area contributed by atoms with Crippen molar-refractivity contribution in [2.24, 2.45) is 0 Å². The van der Waals surface area contributed by atoms with Gasteiger partial charge in [0.25, 0.3) is 0 Å². The molecule has 1 aliphatic rings. The predicted molar refractivity (Wildman–Crippen MR) is 94.5 cm³/mol. The Morgan fingerprint density at radius 2 is 1.58 bits per heavy atom. The maximum atomic E-state index is 13.0. The molecule has 0 bridgehead atoms. The van der Waals surface area contributed by atoms with Gasteiger partial charge >= 0.3 is 0 Å². The van der Waals surface area contributed by atoms with Crippen molar-refractivity contribution in [1.29, 1.82) is 0 Å². The highest BCUT2D eigenvalue weighted by Crippen LogP contribution is 2.24. The third kappa shape index (κ3) is 3.58. The molecule has 1 fully saturated rings. The lowest BCUT2D eigenvalue weighted by Crippen LogP contribution is -2.58. The highest BCUT2D eigenvalue weighted by Gasteiger charge is 2.31. The molecule has 1 amide bonds. The van der Waals surface area contributed by atoms with Crippen LogP contribution in [0, 0.1) is 5.82 Å². The van der Waals surface area contributed by atoms with Crippen LogP contribution in [-0.4, -0.2) is 36.0 Å². The Balaban J connectivity index is 1.67. The molecule has 24 heavy (non-hydrogen) atoms. The molecule has 1 aliphatic heterocycles. The zero-order valence-corrected chi connectivity index (χ0v) is 14.2. The number of carbonyl (C=O) groups is 1. The first-order chi connectivity index (χ1) is 11.5. The van der Waals surface area contributed by atoms with Crippen molar-refractivity contribution in [3.05, 3.63) is 66.0 Å². The fraction of sp³-hybridized carbons (Fsp3) is 0.350. The van der Waals surface area contributed by atoms with Crippen LogP contribution >= 0.6 is 0 Å². The lowest BCUT2D eigenvalue weighted by Gasteiger charge is -2.46. The van der Waals surface area contributed by atoms with Gasteiger partial charge in [0.05, 0.1) is 6.42 Å². The number of carbonyl (C=O) groups excluding carboxylic acids is 1. The minimum absolute atomic E-state index is 0.105. The van der Waals surface area contributed by atoms with Gasteiger partial charge < -0.3 is 9.80 Å². The minimum Gasteiger partial charge on any atom is -0.363 e. The van der Waals surface area contributed by atoms with Gasteiger partial charge in [-0.05, 0) is 43.7 Å². The Labute approximate surface area is 142 Å². The molecular weight excluding hydrogens is 303 g/mol. The molecule has 0 aromatic heterocycles. The maximum absolute atomic E-state index is 13.0. The van der Waals surface area contributed by atoms with E-state index in [-0.39, 0.29) is 23.8 Å². The SMILES string of the molecule is CC1CN(C(=O)Cc2ccc(F)cc2)CC(C)N1c1ccccc1. The first-order valence-electron chi connectivity index (χ1n) is 8.40. The van der Waals surface area contributed by atoms with Crippen molar-refractivity contribution < 1.29 is 9.18 Å². The van der Waals surface area contributed by atoms with Crippen molar-refractivity contribution in [3.63, 3.8) is 0 Å². The van der Waals surface area contributed by atoms with Gasteiger partial charge in [-0.2, -0.15) is 0 Å². The van der Waals surface area contributed by atoms with E-state index < -0.39 is 0 Å². The van der Waals surface area contributed by atoms with Gasteiger partial charge in [0.2, 0.25) is 5.91 Å². The summed E-state index contributed by atoms with van der Waals surface area (Å²) < 4.78 is 13.0. The molecule has 0 spiro atoms. The Morgan fingerprint density at radius 3 is 2.17 bits per heavy atom. The second kappa shape index (κ2) is 7.04. The summed E-state index contributed by atoms with van der Waals surface area (Å²) in [6.45, 7) is 5.72. The molecule has 126 valence electrons. The number of halogens is 1. The smallest absolute Gasteiger partial charge is 0.227 e. The fourth-order valence-corrected chi connectivity index (χ4v) is 3.52. The van der Waals surface area contributed by atoms with E-state index in [9.17, 15) is 9.18 Å². The molecular formula is C20H23FN2O. The maximum Gasteiger partial charge on any atom is 0.227 e. The third-order valence-corrected chi connectivity index (χ3v) is 4.59. The van der Waals surface area contributed by atoms with E-state index in [1.165, 1.54) is 17.8 Å². The number of nitrogens with zero attached hydrogens (tertiary/aromatic N) is 2. The molecule has 3 nitrogen and oxygen atoms in total. The van der Waals surface area contributed by atoms with Crippen molar-refractivity contribution in [2.45, 2.75) is 32.4 Å². The average molecular weight is 326 g/mol. The molecule has 1 saturated heterocycles. The first kappa shape index (κ1) is 16.5. The molecule has 3 rings (SSSR count). The summed E-state index contributed by atoms with van der Waals surface area (Å²) >= 11 is 0. The molecule has 0 radical (unpaired) electrons. The minimum atomic E-state index is -0.273.